The summed E-state index contributed by atoms with van der Waals surface area (Å²) in [7, 11) is 1.36. The maximum Gasteiger partial charge on any atom is 0.407 e. The largest absolute Gasteiger partial charge is 0.453 e. The van der Waals surface area contributed by atoms with Crippen LogP contribution in [0.2, 0.25) is 0 Å². The fourth-order valence-corrected chi connectivity index (χ4v) is 5.02. The number of carbonyl (C=O) groups is 2. The lowest BCUT2D eigenvalue weighted by Crippen LogP contribution is -2.50. The molecule has 5 heteroatoms. The van der Waals surface area contributed by atoms with Gasteiger partial charge in [-0.2, -0.15) is 0 Å². The van der Waals surface area contributed by atoms with Crippen molar-refractivity contribution >= 4 is 12.0 Å². The van der Waals surface area contributed by atoms with Gasteiger partial charge in [0.25, 0.3) is 0 Å². The SMILES string of the molecule is COC(=O)NC1CC(C(=O)N2C[C@@H]3C(c4cccc(CC(C)C)c4)[C@@H]3C2)C1.[HH]. The number of likely N-dealkylation sites (tertiary alicyclic amines) is 1. The molecule has 0 radical (unpaired) electrons. The summed E-state index contributed by atoms with van der Waals surface area (Å²) in [6.07, 6.45) is 2.19. The Hall–Kier alpha value is -2.04. The molecule has 2 aliphatic carbocycles. The molecule has 1 unspecified atom stereocenters. The normalized spacial score (nSPS) is 31.3. The van der Waals surface area contributed by atoms with Gasteiger partial charge < -0.3 is 15.0 Å². The molecule has 4 rings (SSSR count). The third-order valence-electron chi connectivity index (χ3n) is 6.48. The Labute approximate surface area is 162 Å². The zero-order valence-corrected chi connectivity index (χ0v) is 16.5. The van der Waals surface area contributed by atoms with Crippen LogP contribution in [-0.4, -0.2) is 43.1 Å². The highest BCUT2D eigenvalue weighted by molar-refractivity contribution is 5.81. The lowest BCUT2D eigenvalue weighted by atomic mass is 9.79. The highest BCUT2D eigenvalue weighted by atomic mass is 16.5. The van der Waals surface area contributed by atoms with Gasteiger partial charge in [-0.05, 0) is 54.1 Å². The number of methoxy groups -OCH3 is 1. The van der Waals surface area contributed by atoms with Gasteiger partial charge in [0.2, 0.25) is 5.91 Å². The van der Waals surface area contributed by atoms with Gasteiger partial charge in [-0.15, -0.1) is 0 Å². The Morgan fingerprint density at radius 3 is 2.59 bits per heavy atom. The predicted molar refractivity (Wildman–Crippen MR) is 105 cm³/mol. The molecule has 148 valence electrons. The van der Waals surface area contributed by atoms with Crippen molar-refractivity contribution in [3.63, 3.8) is 0 Å². The number of carbonyl (C=O) groups excluding carboxylic acids is 2. The van der Waals surface area contributed by atoms with Gasteiger partial charge in [0, 0.05) is 26.5 Å². The molecule has 3 aliphatic rings. The van der Waals surface area contributed by atoms with Crippen LogP contribution in [0.15, 0.2) is 24.3 Å². The minimum Gasteiger partial charge on any atom is -0.453 e. The summed E-state index contributed by atoms with van der Waals surface area (Å²) in [5.41, 5.74) is 2.89. The molecule has 0 spiro atoms. The quantitative estimate of drug-likeness (QED) is 0.861. The van der Waals surface area contributed by atoms with Crippen LogP contribution in [0.25, 0.3) is 0 Å². The van der Waals surface area contributed by atoms with Crippen LogP contribution in [0.1, 0.15) is 45.2 Å². The standard InChI is InChI=1S/C22H30N2O3.H2/c1-13(2)7-14-5-4-6-15(8-14)20-18-11-24(12-19(18)20)21(25)16-9-17(10-16)23-22(26)27-3;/h4-6,8,13,16-20H,7,9-12H2,1-3H3,(H,23,26);1H/t16?,17?,18-,19+,20?;. The predicted octanol–water partition coefficient (Wildman–Crippen LogP) is 3.44. The van der Waals surface area contributed by atoms with Gasteiger partial charge in [0.05, 0.1) is 7.11 Å². The number of nitrogens with zero attached hydrogens (tertiary/aromatic N) is 1. The summed E-state index contributed by atoms with van der Waals surface area (Å²) in [5, 5.41) is 2.77. The van der Waals surface area contributed by atoms with Crippen molar-refractivity contribution in [2.45, 2.75) is 45.1 Å². The summed E-state index contributed by atoms with van der Waals surface area (Å²) in [6.45, 7) is 6.31. The average Bonchev–Trinajstić information content (AvgIpc) is 3.10. The van der Waals surface area contributed by atoms with Crippen LogP contribution in [0.3, 0.4) is 0 Å². The van der Waals surface area contributed by atoms with Gasteiger partial charge >= 0.3 is 6.09 Å². The molecule has 1 N–H and O–H groups in total. The second-order valence-electron chi connectivity index (χ2n) is 8.94. The Morgan fingerprint density at radius 1 is 1.26 bits per heavy atom. The number of ether oxygens (including phenoxy) is 1. The van der Waals surface area contributed by atoms with E-state index in [0.29, 0.717) is 23.7 Å². The van der Waals surface area contributed by atoms with E-state index >= 15 is 0 Å². The summed E-state index contributed by atoms with van der Waals surface area (Å²) in [5.74, 6) is 2.91. The van der Waals surface area contributed by atoms with E-state index in [-0.39, 0.29) is 19.3 Å². The topological polar surface area (TPSA) is 58.6 Å². The van der Waals surface area contributed by atoms with Crippen LogP contribution in [0.4, 0.5) is 4.79 Å². The third kappa shape index (κ3) is 3.69. The molecule has 0 aromatic heterocycles. The maximum atomic E-state index is 12.7. The third-order valence-corrected chi connectivity index (χ3v) is 6.48. The van der Waals surface area contributed by atoms with Crippen LogP contribution in [-0.2, 0) is 16.0 Å². The van der Waals surface area contributed by atoms with Gasteiger partial charge in [-0.25, -0.2) is 4.79 Å². The maximum absolute atomic E-state index is 12.7. The van der Waals surface area contributed by atoms with Crippen molar-refractivity contribution in [2.75, 3.05) is 20.2 Å². The van der Waals surface area contributed by atoms with Crippen molar-refractivity contribution in [2.24, 2.45) is 23.7 Å². The zero-order valence-electron chi connectivity index (χ0n) is 16.5. The number of fused-ring (bicyclic) bond motifs is 1. The number of alkyl carbamates (subject to hydrolysis) is 1. The lowest BCUT2D eigenvalue weighted by Gasteiger charge is -2.37. The number of piperidine rings is 1. The molecule has 1 aromatic rings. The van der Waals surface area contributed by atoms with E-state index in [0.717, 1.165) is 32.4 Å². The van der Waals surface area contributed by atoms with E-state index in [1.54, 1.807) is 0 Å². The van der Waals surface area contributed by atoms with Gasteiger partial charge in [0.15, 0.2) is 0 Å². The van der Waals surface area contributed by atoms with E-state index in [9.17, 15) is 9.59 Å². The zero-order chi connectivity index (χ0) is 19.1. The summed E-state index contributed by atoms with van der Waals surface area (Å²) < 4.78 is 4.61. The molecule has 27 heavy (non-hydrogen) atoms. The number of rotatable bonds is 5. The molecule has 3 fully saturated rings. The molecular weight excluding hydrogens is 340 g/mol. The Bertz CT molecular complexity index is 720. The van der Waals surface area contributed by atoms with Gasteiger partial charge in [-0.3, -0.25) is 4.79 Å². The molecule has 1 saturated heterocycles. The molecule has 1 aromatic carbocycles. The van der Waals surface area contributed by atoms with Crippen LogP contribution in [0.5, 0.6) is 0 Å². The van der Waals surface area contributed by atoms with Crippen LogP contribution >= 0.6 is 0 Å². The molecule has 3 atom stereocenters. The summed E-state index contributed by atoms with van der Waals surface area (Å²) in [6, 6.07) is 9.14. The summed E-state index contributed by atoms with van der Waals surface area (Å²) >= 11 is 0. The molecule has 2 saturated carbocycles. The minimum atomic E-state index is -0.407. The van der Waals surface area contributed by atoms with Gasteiger partial charge in [-0.1, -0.05) is 38.1 Å². The smallest absolute Gasteiger partial charge is 0.407 e. The molecule has 2 amide bonds. The number of nitrogens with one attached hydrogen (secondary N) is 1. The number of hydrogen-bond acceptors (Lipinski definition) is 3. The molecule has 1 heterocycles. The van der Waals surface area contributed by atoms with Crippen molar-refractivity contribution in [3.8, 4) is 0 Å². The number of amides is 2. The molecule has 5 nitrogen and oxygen atoms in total. The van der Waals surface area contributed by atoms with Crippen molar-refractivity contribution in [3.05, 3.63) is 35.4 Å². The second kappa shape index (κ2) is 7.17. The first kappa shape index (κ1) is 18.3. The van der Waals surface area contributed by atoms with Crippen molar-refractivity contribution in [1.82, 2.24) is 10.2 Å². The monoisotopic (exact) mass is 372 g/mol. The Balaban J connectivity index is 0.00000225. The number of benzene rings is 1. The van der Waals surface area contributed by atoms with Gasteiger partial charge in [0.1, 0.15) is 0 Å². The van der Waals surface area contributed by atoms with Crippen LogP contribution in [0, 0.1) is 23.7 Å². The first-order valence-electron chi connectivity index (χ1n) is 10.2. The van der Waals surface area contributed by atoms with E-state index in [1.165, 1.54) is 18.2 Å². The molecule has 0 bridgehead atoms. The van der Waals surface area contributed by atoms with Crippen molar-refractivity contribution in [1.29, 1.82) is 0 Å². The second-order valence-corrected chi connectivity index (χ2v) is 8.94. The average molecular weight is 373 g/mol. The first-order valence-corrected chi connectivity index (χ1v) is 10.2. The highest BCUT2D eigenvalue weighted by Gasteiger charge is 2.57. The van der Waals surface area contributed by atoms with Crippen molar-refractivity contribution < 1.29 is 15.8 Å². The summed E-state index contributed by atoms with van der Waals surface area (Å²) in [4.78, 5) is 26.0. The lowest BCUT2D eigenvalue weighted by molar-refractivity contribution is -0.138. The van der Waals surface area contributed by atoms with Crippen LogP contribution < -0.4 is 5.32 Å². The Kier molecular flexibility index (Phi) is 4.87. The highest BCUT2D eigenvalue weighted by Crippen LogP contribution is 2.58. The minimum absolute atomic E-state index is 0. The fourth-order valence-electron chi connectivity index (χ4n) is 5.02. The van der Waals surface area contributed by atoms with E-state index in [1.807, 2.05) is 0 Å². The molecule has 1 aliphatic heterocycles. The Morgan fingerprint density at radius 2 is 1.96 bits per heavy atom. The van der Waals surface area contributed by atoms with E-state index in [2.05, 4.69) is 53.1 Å². The van der Waals surface area contributed by atoms with E-state index in [4.69, 9.17) is 0 Å². The van der Waals surface area contributed by atoms with E-state index < -0.39 is 6.09 Å². The first-order chi connectivity index (χ1) is 13.0. The fraction of sp³-hybridized carbons (Fsp3) is 0.636. The molecular formula is C22H32N2O3. The number of hydrogen-bond donors (Lipinski definition) is 1.